The van der Waals surface area contributed by atoms with Crippen LogP contribution in [0.15, 0.2) is 42.5 Å². The second-order valence-electron chi connectivity index (χ2n) is 4.10. The van der Waals surface area contributed by atoms with Gasteiger partial charge in [-0.15, -0.1) is 0 Å². The van der Waals surface area contributed by atoms with Gasteiger partial charge in [0.2, 0.25) is 0 Å². The number of ether oxygens (including phenoxy) is 1. The van der Waals surface area contributed by atoms with Crippen molar-refractivity contribution in [3.8, 4) is 11.8 Å². The highest BCUT2D eigenvalue weighted by Gasteiger charge is 2.07. The van der Waals surface area contributed by atoms with Gasteiger partial charge in [-0.3, -0.25) is 4.79 Å². The van der Waals surface area contributed by atoms with Crippen LogP contribution in [0.3, 0.4) is 0 Å². The van der Waals surface area contributed by atoms with Crippen LogP contribution in [0, 0.1) is 11.3 Å². The maximum atomic E-state index is 11.8. The van der Waals surface area contributed by atoms with Gasteiger partial charge in [0.15, 0.2) is 6.61 Å². The van der Waals surface area contributed by atoms with Gasteiger partial charge in [-0.25, -0.2) is 0 Å². The summed E-state index contributed by atoms with van der Waals surface area (Å²) in [6.07, 6.45) is 0. The fraction of sp³-hybridized carbons (Fsp3) is 0.0667. The summed E-state index contributed by atoms with van der Waals surface area (Å²) >= 11 is 11.8. The summed E-state index contributed by atoms with van der Waals surface area (Å²) in [5.41, 5.74) is 1.11. The van der Waals surface area contributed by atoms with Gasteiger partial charge in [0.25, 0.3) is 5.91 Å². The van der Waals surface area contributed by atoms with Crippen molar-refractivity contribution in [1.82, 2.24) is 0 Å². The number of nitrogens with zero attached hydrogens (tertiary/aromatic N) is 1. The van der Waals surface area contributed by atoms with E-state index in [-0.39, 0.29) is 12.5 Å². The van der Waals surface area contributed by atoms with Gasteiger partial charge < -0.3 is 10.1 Å². The Balaban J connectivity index is 1.92. The molecule has 0 bridgehead atoms. The highest BCUT2D eigenvalue weighted by Crippen LogP contribution is 2.27. The number of amides is 1. The second kappa shape index (κ2) is 6.98. The topological polar surface area (TPSA) is 62.1 Å². The fourth-order valence-corrected chi connectivity index (χ4v) is 1.89. The van der Waals surface area contributed by atoms with E-state index in [0.717, 1.165) is 0 Å². The molecule has 0 spiro atoms. The summed E-state index contributed by atoms with van der Waals surface area (Å²) < 4.78 is 5.32. The largest absolute Gasteiger partial charge is 0.482 e. The molecular formula is C15H10Cl2N2O2. The number of carbonyl (C=O) groups is 1. The number of rotatable bonds is 4. The molecule has 0 radical (unpaired) electrons. The van der Waals surface area contributed by atoms with E-state index in [1.165, 1.54) is 0 Å². The summed E-state index contributed by atoms with van der Waals surface area (Å²) in [5, 5.41) is 12.2. The summed E-state index contributed by atoms with van der Waals surface area (Å²) in [4.78, 5) is 11.8. The summed E-state index contributed by atoms with van der Waals surface area (Å²) in [5.74, 6) is 0.00916. The highest BCUT2D eigenvalue weighted by atomic mass is 35.5. The standard InChI is InChI=1S/C15H10Cl2N2O2/c16-11-3-6-13(17)14(7-11)21-9-15(20)19-12-4-1-10(8-18)2-5-12/h1-7H,9H2,(H,19,20). The van der Waals surface area contributed by atoms with Crippen molar-refractivity contribution in [2.24, 2.45) is 0 Å². The average molecular weight is 321 g/mol. The first-order valence-electron chi connectivity index (χ1n) is 5.96. The molecule has 2 aromatic carbocycles. The van der Waals surface area contributed by atoms with Crippen LogP contribution in [0.5, 0.6) is 5.75 Å². The minimum atomic E-state index is -0.337. The van der Waals surface area contributed by atoms with Crippen molar-refractivity contribution < 1.29 is 9.53 Å². The molecule has 6 heteroatoms. The smallest absolute Gasteiger partial charge is 0.262 e. The van der Waals surface area contributed by atoms with Crippen LogP contribution in [0.1, 0.15) is 5.56 Å². The molecule has 0 saturated heterocycles. The zero-order valence-electron chi connectivity index (χ0n) is 10.8. The van der Waals surface area contributed by atoms with Crippen molar-refractivity contribution in [3.63, 3.8) is 0 Å². The zero-order chi connectivity index (χ0) is 15.2. The van der Waals surface area contributed by atoms with Gasteiger partial charge >= 0.3 is 0 Å². The number of hydrogen-bond donors (Lipinski definition) is 1. The average Bonchev–Trinajstić information content (AvgIpc) is 2.49. The predicted molar refractivity (Wildman–Crippen MR) is 81.7 cm³/mol. The van der Waals surface area contributed by atoms with Crippen molar-refractivity contribution in [3.05, 3.63) is 58.1 Å². The minimum Gasteiger partial charge on any atom is -0.482 e. The van der Waals surface area contributed by atoms with Crippen molar-refractivity contribution in [2.75, 3.05) is 11.9 Å². The molecule has 0 heterocycles. The fourth-order valence-electron chi connectivity index (χ4n) is 1.56. The van der Waals surface area contributed by atoms with E-state index in [2.05, 4.69) is 5.32 Å². The van der Waals surface area contributed by atoms with Crippen LogP contribution in [-0.4, -0.2) is 12.5 Å². The molecule has 0 atom stereocenters. The summed E-state index contributed by atoms with van der Waals surface area (Å²) in [6.45, 7) is -0.194. The minimum absolute atomic E-state index is 0.194. The number of hydrogen-bond acceptors (Lipinski definition) is 3. The Morgan fingerprint density at radius 2 is 1.90 bits per heavy atom. The van der Waals surface area contributed by atoms with Gasteiger partial charge in [0.05, 0.1) is 16.7 Å². The number of carbonyl (C=O) groups excluding carboxylic acids is 1. The van der Waals surface area contributed by atoms with Crippen molar-refractivity contribution in [1.29, 1.82) is 5.26 Å². The molecule has 0 saturated carbocycles. The Labute approximate surface area is 131 Å². The molecule has 106 valence electrons. The van der Waals surface area contributed by atoms with Gasteiger partial charge in [-0.05, 0) is 36.4 Å². The number of anilines is 1. The first kappa shape index (κ1) is 15.2. The summed E-state index contributed by atoms with van der Waals surface area (Å²) in [7, 11) is 0. The lowest BCUT2D eigenvalue weighted by atomic mass is 10.2. The van der Waals surface area contributed by atoms with Crippen LogP contribution in [-0.2, 0) is 4.79 Å². The van der Waals surface area contributed by atoms with Crippen LogP contribution in [0.25, 0.3) is 0 Å². The Bertz CT molecular complexity index is 694. The number of benzene rings is 2. The Hall–Kier alpha value is -2.22. The monoisotopic (exact) mass is 320 g/mol. The lowest BCUT2D eigenvalue weighted by molar-refractivity contribution is -0.118. The lowest BCUT2D eigenvalue weighted by Crippen LogP contribution is -2.20. The van der Waals surface area contributed by atoms with E-state index < -0.39 is 0 Å². The van der Waals surface area contributed by atoms with E-state index in [4.69, 9.17) is 33.2 Å². The first-order chi connectivity index (χ1) is 10.1. The molecule has 0 aliphatic carbocycles. The molecule has 0 aromatic heterocycles. The van der Waals surface area contributed by atoms with E-state index in [1.54, 1.807) is 42.5 Å². The molecule has 0 aliphatic heterocycles. The number of nitrogens with one attached hydrogen (secondary N) is 1. The van der Waals surface area contributed by atoms with E-state index in [9.17, 15) is 4.79 Å². The predicted octanol–water partition coefficient (Wildman–Crippen LogP) is 3.88. The van der Waals surface area contributed by atoms with E-state index in [1.807, 2.05) is 6.07 Å². The Morgan fingerprint density at radius 1 is 1.19 bits per heavy atom. The number of halogens is 2. The molecule has 0 aliphatic rings. The van der Waals surface area contributed by atoms with Gasteiger partial charge in [-0.2, -0.15) is 5.26 Å². The Morgan fingerprint density at radius 3 is 2.57 bits per heavy atom. The number of nitriles is 1. The molecular weight excluding hydrogens is 311 g/mol. The summed E-state index contributed by atoms with van der Waals surface area (Å²) in [6, 6.07) is 13.3. The highest BCUT2D eigenvalue weighted by molar-refractivity contribution is 6.34. The molecule has 2 rings (SSSR count). The van der Waals surface area contributed by atoms with Crippen molar-refractivity contribution in [2.45, 2.75) is 0 Å². The molecule has 0 unspecified atom stereocenters. The molecule has 1 N–H and O–H groups in total. The molecule has 2 aromatic rings. The maximum Gasteiger partial charge on any atom is 0.262 e. The molecule has 0 fully saturated rings. The third kappa shape index (κ3) is 4.38. The maximum absolute atomic E-state index is 11.8. The van der Waals surface area contributed by atoms with Gasteiger partial charge in [0.1, 0.15) is 5.75 Å². The molecule has 4 nitrogen and oxygen atoms in total. The first-order valence-corrected chi connectivity index (χ1v) is 6.72. The van der Waals surface area contributed by atoms with Crippen LogP contribution >= 0.6 is 23.2 Å². The molecule has 21 heavy (non-hydrogen) atoms. The normalized spacial score (nSPS) is 9.76. The van der Waals surface area contributed by atoms with Gasteiger partial charge in [-0.1, -0.05) is 23.2 Å². The third-order valence-electron chi connectivity index (χ3n) is 2.55. The quantitative estimate of drug-likeness (QED) is 0.929. The zero-order valence-corrected chi connectivity index (χ0v) is 12.3. The lowest BCUT2D eigenvalue weighted by Gasteiger charge is -2.09. The van der Waals surface area contributed by atoms with Crippen LogP contribution in [0.4, 0.5) is 5.69 Å². The SMILES string of the molecule is N#Cc1ccc(NC(=O)COc2cc(Cl)ccc2Cl)cc1. The van der Waals surface area contributed by atoms with E-state index >= 15 is 0 Å². The molecule has 1 amide bonds. The third-order valence-corrected chi connectivity index (χ3v) is 3.10. The van der Waals surface area contributed by atoms with Gasteiger partial charge in [0, 0.05) is 16.8 Å². The van der Waals surface area contributed by atoms with Crippen LogP contribution < -0.4 is 10.1 Å². The second-order valence-corrected chi connectivity index (χ2v) is 4.94. The van der Waals surface area contributed by atoms with Crippen molar-refractivity contribution >= 4 is 34.8 Å². The van der Waals surface area contributed by atoms with E-state index in [0.29, 0.717) is 27.0 Å². The van der Waals surface area contributed by atoms with Crippen LogP contribution in [0.2, 0.25) is 10.0 Å². The Kier molecular flexibility index (Phi) is 5.04.